The Morgan fingerprint density at radius 3 is 2.85 bits per heavy atom. The molecule has 3 aromatic rings. The van der Waals surface area contributed by atoms with Crippen molar-refractivity contribution in [2.45, 2.75) is 11.3 Å². The maximum Gasteiger partial charge on any atom is 0.255 e. The van der Waals surface area contributed by atoms with Crippen LogP contribution in [0.25, 0.3) is 10.9 Å². The molecule has 0 spiro atoms. The predicted octanol–water partition coefficient (Wildman–Crippen LogP) is 2.22. The number of hydrogen-bond donors (Lipinski definition) is 1. The number of pyridine rings is 2. The molecule has 1 saturated heterocycles. The highest BCUT2D eigenvalue weighted by atomic mass is 32.2. The standard InChI is InChI=1S/C23H27N5O4S/c1-32-13-12-27-8-3-9-28(11-10-27)33(30,31)21-15-20(16-24-17-21)26-23(29)19-6-5-18-4-2-7-25-22(18)14-19/h2,4-7,14-17H,3,8-13H2,1H3,(H,26,29). The zero-order chi connectivity index (χ0) is 23.3. The van der Waals surface area contributed by atoms with E-state index in [0.29, 0.717) is 43.0 Å². The van der Waals surface area contributed by atoms with Gasteiger partial charge in [-0.3, -0.25) is 19.7 Å². The third-order valence-corrected chi connectivity index (χ3v) is 7.50. The van der Waals surface area contributed by atoms with Gasteiger partial charge >= 0.3 is 0 Å². The monoisotopic (exact) mass is 469 g/mol. The molecule has 1 N–H and O–H groups in total. The summed E-state index contributed by atoms with van der Waals surface area (Å²) in [6.07, 6.45) is 5.16. The van der Waals surface area contributed by atoms with Crippen LogP contribution >= 0.6 is 0 Å². The van der Waals surface area contributed by atoms with Crippen molar-refractivity contribution in [1.29, 1.82) is 0 Å². The van der Waals surface area contributed by atoms with E-state index in [1.54, 1.807) is 25.4 Å². The van der Waals surface area contributed by atoms with Crippen molar-refractivity contribution in [2.75, 3.05) is 51.8 Å². The third-order valence-electron chi connectivity index (χ3n) is 5.64. The van der Waals surface area contributed by atoms with Gasteiger partial charge in [-0.2, -0.15) is 4.31 Å². The van der Waals surface area contributed by atoms with Crippen LogP contribution < -0.4 is 5.32 Å². The zero-order valence-electron chi connectivity index (χ0n) is 18.5. The Balaban J connectivity index is 1.47. The molecule has 1 aromatic carbocycles. The molecule has 1 fully saturated rings. The maximum absolute atomic E-state index is 13.2. The molecule has 3 heterocycles. The quantitative estimate of drug-likeness (QED) is 0.566. The molecule has 9 nitrogen and oxygen atoms in total. The van der Waals surface area contributed by atoms with Crippen LogP contribution in [-0.2, 0) is 14.8 Å². The number of rotatable bonds is 7. The number of ether oxygens (including phenoxy) is 1. The number of amides is 1. The molecule has 1 amide bonds. The van der Waals surface area contributed by atoms with Gasteiger partial charge in [-0.1, -0.05) is 12.1 Å². The van der Waals surface area contributed by atoms with Gasteiger partial charge in [0, 0.05) is 56.6 Å². The Hall–Kier alpha value is -2.92. The lowest BCUT2D eigenvalue weighted by Gasteiger charge is -2.21. The summed E-state index contributed by atoms with van der Waals surface area (Å²) in [5.74, 6) is -0.359. The number of anilines is 1. The lowest BCUT2D eigenvalue weighted by atomic mass is 10.1. The van der Waals surface area contributed by atoms with E-state index in [1.807, 2.05) is 18.2 Å². The SMILES string of the molecule is COCCN1CCCN(S(=O)(=O)c2cncc(NC(=O)c3ccc4cccnc4c3)c2)CC1. The summed E-state index contributed by atoms with van der Waals surface area (Å²) in [7, 11) is -2.07. The van der Waals surface area contributed by atoms with Gasteiger partial charge in [0.2, 0.25) is 10.0 Å². The number of fused-ring (bicyclic) bond motifs is 1. The Bertz CT molecular complexity index is 1230. The van der Waals surface area contributed by atoms with Crippen molar-refractivity contribution in [1.82, 2.24) is 19.2 Å². The summed E-state index contributed by atoms with van der Waals surface area (Å²) in [4.78, 5) is 23.3. The minimum absolute atomic E-state index is 0.0609. The number of nitrogens with zero attached hydrogens (tertiary/aromatic N) is 4. The van der Waals surface area contributed by atoms with Gasteiger partial charge < -0.3 is 10.1 Å². The van der Waals surface area contributed by atoms with E-state index in [2.05, 4.69) is 20.2 Å². The molecule has 1 aliphatic heterocycles. The Kier molecular flexibility index (Phi) is 7.29. The molecule has 4 rings (SSSR count). The molecule has 0 atom stereocenters. The molecular formula is C23H27N5O4S. The van der Waals surface area contributed by atoms with E-state index in [9.17, 15) is 13.2 Å². The van der Waals surface area contributed by atoms with E-state index in [0.717, 1.165) is 24.9 Å². The Morgan fingerprint density at radius 1 is 1.12 bits per heavy atom. The molecule has 33 heavy (non-hydrogen) atoms. The third kappa shape index (κ3) is 5.53. The second kappa shape index (κ2) is 10.3. The van der Waals surface area contributed by atoms with Crippen molar-refractivity contribution < 1.29 is 17.9 Å². The molecule has 174 valence electrons. The van der Waals surface area contributed by atoms with Crippen LogP contribution in [0.3, 0.4) is 0 Å². The van der Waals surface area contributed by atoms with Gasteiger partial charge in [-0.15, -0.1) is 0 Å². The first kappa shape index (κ1) is 23.2. The highest BCUT2D eigenvalue weighted by Crippen LogP contribution is 2.21. The van der Waals surface area contributed by atoms with Gasteiger partial charge in [-0.05, 0) is 37.2 Å². The summed E-state index contributed by atoms with van der Waals surface area (Å²) in [5.41, 5.74) is 1.46. The molecule has 10 heteroatoms. The van der Waals surface area contributed by atoms with Gasteiger partial charge in [0.25, 0.3) is 5.91 Å². The summed E-state index contributed by atoms with van der Waals surface area (Å²) in [6.45, 7) is 3.69. The number of methoxy groups -OCH3 is 1. The predicted molar refractivity (Wildman–Crippen MR) is 126 cm³/mol. The largest absolute Gasteiger partial charge is 0.383 e. The number of carbonyl (C=O) groups excluding carboxylic acids is 1. The van der Waals surface area contributed by atoms with Crippen molar-refractivity contribution in [3.05, 3.63) is 60.6 Å². The smallest absolute Gasteiger partial charge is 0.255 e. The first-order valence-corrected chi connectivity index (χ1v) is 12.2. The molecule has 1 aliphatic rings. The van der Waals surface area contributed by atoms with Crippen LogP contribution in [0.5, 0.6) is 0 Å². The van der Waals surface area contributed by atoms with E-state index in [4.69, 9.17) is 4.74 Å². The molecule has 0 bridgehead atoms. The van der Waals surface area contributed by atoms with E-state index >= 15 is 0 Å². The van der Waals surface area contributed by atoms with Crippen LogP contribution in [0.2, 0.25) is 0 Å². The maximum atomic E-state index is 13.2. The topological polar surface area (TPSA) is 105 Å². The number of hydrogen-bond acceptors (Lipinski definition) is 7. The number of nitrogens with one attached hydrogen (secondary N) is 1. The first-order valence-electron chi connectivity index (χ1n) is 10.8. The normalized spacial score (nSPS) is 15.9. The summed E-state index contributed by atoms with van der Waals surface area (Å²) in [6, 6.07) is 10.4. The minimum atomic E-state index is -3.73. The van der Waals surface area contributed by atoms with Crippen LogP contribution in [0.1, 0.15) is 16.8 Å². The molecule has 0 aliphatic carbocycles. The van der Waals surface area contributed by atoms with Gasteiger partial charge in [0.15, 0.2) is 0 Å². The highest BCUT2D eigenvalue weighted by molar-refractivity contribution is 7.89. The van der Waals surface area contributed by atoms with Crippen LogP contribution in [0.15, 0.2) is 59.9 Å². The second-order valence-corrected chi connectivity index (χ2v) is 9.80. The van der Waals surface area contributed by atoms with Crippen LogP contribution in [0, 0.1) is 0 Å². The number of carbonyl (C=O) groups is 1. The number of sulfonamides is 1. The fraction of sp³-hybridized carbons (Fsp3) is 0.348. The van der Waals surface area contributed by atoms with Crippen molar-refractivity contribution >= 4 is 32.5 Å². The van der Waals surface area contributed by atoms with E-state index in [-0.39, 0.29) is 10.8 Å². The average Bonchev–Trinajstić information content (AvgIpc) is 3.09. The molecular weight excluding hydrogens is 442 g/mol. The second-order valence-electron chi connectivity index (χ2n) is 7.87. The van der Waals surface area contributed by atoms with Crippen molar-refractivity contribution in [3.8, 4) is 0 Å². The lowest BCUT2D eigenvalue weighted by Crippen LogP contribution is -2.36. The van der Waals surface area contributed by atoms with Crippen LogP contribution in [-0.4, -0.2) is 79.9 Å². The zero-order valence-corrected chi connectivity index (χ0v) is 19.3. The summed E-state index contributed by atoms with van der Waals surface area (Å²) >= 11 is 0. The summed E-state index contributed by atoms with van der Waals surface area (Å²) in [5, 5.41) is 3.68. The van der Waals surface area contributed by atoms with Crippen LogP contribution in [0.4, 0.5) is 5.69 Å². The van der Waals surface area contributed by atoms with Gasteiger partial charge in [0.1, 0.15) is 4.90 Å². The van der Waals surface area contributed by atoms with Gasteiger partial charge in [0.05, 0.1) is 24.0 Å². The van der Waals surface area contributed by atoms with Crippen molar-refractivity contribution in [2.24, 2.45) is 0 Å². The fourth-order valence-corrected chi connectivity index (χ4v) is 5.28. The average molecular weight is 470 g/mol. The Labute approximate surface area is 193 Å². The highest BCUT2D eigenvalue weighted by Gasteiger charge is 2.27. The molecule has 0 unspecified atom stereocenters. The molecule has 0 radical (unpaired) electrons. The minimum Gasteiger partial charge on any atom is -0.383 e. The fourth-order valence-electron chi connectivity index (χ4n) is 3.82. The van der Waals surface area contributed by atoms with E-state index < -0.39 is 10.0 Å². The number of benzene rings is 1. The number of aromatic nitrogens is 2. The lowest BCUT2D eigenvalue weighted by molar-refractivity contribution is 0.102. The molecule has 2 aromatic heterocycles. The first-order chi connectivity index (χ1) is 16.0. The van der Waals surface area contributed by atoms with Crippen molar-refractivity contribution in [3.63, 3.8) is 0 Å². The Morgan fingerprint density at radius 2 is 2.00 bits per heavy atom. The molecule has 0 saturated carbocycles. The van der Waals surface area contributed by atoms with Gasteiger partial charge in [-0.25, -0.2) is 8.42 Å². The summed E-state index contributed by atoms with van der Waals surface area (Å²) < 4.78 is 33.1. The van der Waals surface area contributed by atoms with E-state index in [1.165, 1.54) is 22.8 Å².